The van der Waals surface area contributed by atoms with Crippen LogP contribution in [0.3, 0.4) is 0 Å². The molecule has 2 aromatic rings. The van der Waals surface area contributed by atoms with Gasteiger partial charge in [0.2, 0.25) is 0 Å². The Morgan fingerprint density at radius 1 is 1.16 bits per heavy atom. The standard InChI is InChI=1S/C15H19NO3/c1-15(2,3)13-9-14(16-19-13)18-10-11-5-7-12(17-4)8-6-11/h5-9H,10H2,1-4H3. The summed E-state index contributed by atoms with van der Waals surface area (Å²) >= 11 is 0. The molecule has 19 heavy (non-hydrogen) atoms. The lowest BCUT2D eigenvalue weighted by Crippen LogP contribution is -2.09. The van der Waals surface area contributed by atoms with Gasteiger partial charge in [-0.25, -0.2) is 0 Å². The quantitative estimate of drug-likeness (QED) is 0.844. The molecule has 0 aliphatic heterocycles. The molecule has 102 valence electrons. The maximum Gasteiger partial charge on any atom is 0.254 e. The molecule has 0 bridgehead atoms. The minimum atomic E-state index is -0.0608. The number of rotatable bonds is 4. The van der Waals surface area contributed by atoms with Crippen molar-refractivity contribution in [3.05, 3.63) is 41.7 Å². The highest BCUT2D eigenvalue weighted by atomic mass is 16.5. The van der Waals surface area contributed by atoms with Gasteiger partial charge in [-0.15, -0.1) is 0 Å². The van der Waals surface area contributed by atoms with Crippen molar-refractivity contribution in [3.63, 3.8) is 0 Å². The molecular formula is C15H19NO3. The highest BCUT2D eigenvalue weighted by molar-refractivity contribution is 5.27. The van der Waals surface area contributed by atoms with Crippen LogP contribution in [0.2, 0.25) is 0 Å². The predicted octanol–water partition coefficient (Wildman–Crippen LogP) is 3.56. The second-order valence-corrected chi connectivity index (χ2v) is 5.42. The van der Waals surface area contributed by atoms with Gasteiger partial charge in [0.05, 0.1) is 7.11 Å². The van der Waals surface area contributed by atoms with E-state index in [1.165, 1.54) is 0 Å². The van der Waals surface area contributed by atoms with E-state index in [1.807, 2.05) is 30.3 Å². The molecule has 0 spiro atoms. The number of hydrogen-bond donors (Lipinski definition) is 0. The zero-order valence-corrected chi connectivity index (χ0v) is 11.8. The minimum absolute atomic E-state index is 0.0608. The van der Waals surface area contributed by atoms with Crippen LogP contribution in [-0.4, -0.2) is 12.3 Å². The summed E-state index contributed by atoms with van der Waals surface area (Å²) in [4.78, 5) is 0. The Bertz CT molecular complexity index is 523. The Labute approximate surface area is 113 Å². The van der Waals surface area contributed by atoms with Crippen molar-refractivity contribution in [2.45, 2.75) is 32.8 Å². The molecule has 1 aromatic heterocycles. The van der Waals surface area contributed by atoms with Crippen LogP contribution in [0.4, 0.5) is 0 Å². The highest BCUT2D eigenvalue weighted by Gasteiger charge is 2.20. The topological polar surface area (TPSA) is 44.5 Å². The van der Waals surface area contributed by atoms with Gasteiger partial charge in [0, 0.05) is 11.5 Å². The zero-order chi connectivity index (χ0) is 13.9. The Hall–Kier alpha value is -1.97. The third-order valence-corrected chi connectivity index (χ3v) is 2.77. The van der Waals surface area contributed by atoms with Crippen molar-refractivity contribution in [1.29, 1.82) is 0 Å². The van der Waals surface area contributed by atoms with Crippen LogP contribution < -0.4 is 9.47 Å². The SMILES string of the molecule is COc1ccc(COc2cc(C(C)(C)C)on2)cc1. The van der Waals surface area contributed by atoms with Crippen LogP contribution in [0.25, 0.3) is 0 Å². The predicted molar refractivity (Wildman–Crippen MR) is 72.5 cm³/mol. The smallest absolute Gasteiger partial charge is 0.254 e. The van der Waals surface area contributed by atoms with Gasteiger partial charge in [-0.1, -0.05) is 32.9 Å². The van der Waals surface area contributed by atoms with Gasteiger partial charge in [0.25, 0.3) is 5.88 Å². The monoisotopic (exact) mass is 261 g/mol. The molecule has 0 radical (unpaired) electrons. The maximum absolute atomic E-state index is 5.60. The average Bonchev–Trinajstić information content (AvgIpc) is 2.86. The molecule has 0 aliphatic carbocycles. The Morgan fingerprint density at radius 3 is 2.37 bits per heavy atom. The minimum Gasteiger partial charge on any atom is -0.497 e. The van der Waals surface area contributed by atoms with Gasteiger partial charge in [0.15, 0.2) is 0 Å². The van der Waals surface area contributed by atoms with Crippen LogP contribution in [0.1, 0.15) is 32.1 Å². The molecule has 4 nitrogen and oxygen atoms in total. The van der Waals surface area contributed by atoms with Gasteiger partial charge in [-0.3, -0.25) is 0 Å². The van der Waals surface area contributed by atoms with Crippen molar-refractivity contribution in [2.75, 3.05) is 7.11 Å². The van der Waals surface area contributed by atoms with Crippen LogP contribution in [0.5, 0.6) is 11.6 Å². The molecule has 0 fully saturated rings. The molecule has 0 amide bonds. The molecule has 4 heteroatoms. The van der Waals surface area contributed by atoms with E-state index in [0.717, 1.165) is 17.1 Å². The van der Waals surface area contributed by atoms with Crippen molar-refractivity contribution >= 4 is 0 Å². The Balaban J connectivity index is 1.96. The number of hydrogen-bond acceptors (Lipinski definition) is 4. The van der Waals surface area contributed by atoms with Crippen LogP contribution in [0, 0.1) is 0 Å². The Morgan fingerprint density at radius 2 is 1.84 bits per heavy atom. The molecule has 0 saturated carbocycles. The van der Waals surface area contributed by atoms with Gasteiger partial charge in [0.1, 0.15) is 18.1 Å². The second-order valence-electron chi connectivity index (χ2n) is 5.42. The summed E-state index contributed by atoms with van der Waals surface area (Å²) < 4.78 is 16.0. The maximum atomic E-state index is 5.60. The van der Waals surface area contributed by atoms with E-state index in [-0.39, 0.29) is 5.41 Å². The summed E-state index contributed by atoms with van der Waals surface area (Å²) in [6, 6.07) is 9.57. The van der Waals surface area contributed by atoms with Gasteiger partial charge < -0.3 is 14.0 Å². The molecule has 0 atom stereocenters. The molecule has 1 heterocycles. The zero-order valence-electron chi connectivity index (χ0n) is 11.8. The molecular weight excluding hydrogens is 242 g/mol. The first-order valence-electron chi connectivity index (χ1n) is 6.22. The summed E-state index contributed by atoms with van der Waals surface area (Å²) in [5.41, 5.74) is 0.996. The van der Waals surface area contributed by atoms with Crippen molar-refractivity contribution in [2.24, 2.45) is 0 Å². The first-order valence-corrected chi connectivity index (χ1v) is 6.22. The first kappa shape index (κ1) is 13.5. The van der Waals surface area contributed by atoms with E-state index in [1.54, 1.807) is 7.11 Å². The molecule has 1 aromatic carbocycles. The molecule has 0 saturated heterocycles. The molecule has 0 unspecified atom stereocenters. The number of ether oxygens (including phenoxy) is 2. The summed E-state index contributed by atoms with van der Waals surface area (Å²) in [7, 11) is 1.65. The summed E-state index contributed by atoms with van der Waals surface area (Å²) in [6.07, 6.45) is 0. The Kier molecular flexibility index (Phi) is 3.79. The van der Waals surface area contributed by atoms with E-state index in [9.17, 15) is 0 Å². The largest absolute Gasteiger partial charge is 0.497 e. The lowest BCUT2D eigenvalue weighted by atomic mass is 9.94. The summed E-state index contributed by atoms with van der Waals surface area (Å²) in [5, 5.41) is 3.91. The summed E-state index contributed by atoms with van der Waals surface area (Å²) in [5.74, 6) is 2.16. The van der Waals surface area contributed by atoms with E-state index < -0.39 is 0 Å². The van der Waals surface area contributed by atoms with Gasteiger partial charge in [-0.2, -0.15) is 0 Å². The van der Waals surface area contributed by atoms with Crippen LogP contribution in [0.15, 0.2) is 34.9 Å². The van der Waals surface area contributed by atoms with Crippen LogP contribution in [-0.2, 0) is 12.0 Å². The van der Waals surface area contributed by atoms with Crippen molar-refractivity contribution < 1.29 is 14.0 Å². The van der Waals surface area contributed by atoms with Crippen LogP contribution >= 0.6 is 0 Å². The lowest BCUT2D eigenvalue weighted by molar-refractivity contribution is 0.259. The average molecular weight is 261 g/mol. The van der Waals surface area contributed by atoms with E-state index >= 15 is 0 Å². The lowest BCUT2D eigenvalue weighted by Gasteiger charge is -2.11. The van der Waals surface area contributed by atoms with Crippen molar-refractivity contribution in [3.8, 4) is 11.6 Å². The molecule has 0 N–H and O–H groups in total. The number of methoxy groups -OCH3 is 1. The fourth-order valence-corrected chi connectivity index (χ4v) is 1.56. The molecule has 2 rings (SSSR count). The summed E-state index contributed by atoms with van der Waals surface area (Å²) in [6.45, 7) is 6.67. The van der Waals surface area contributed by atoms with Crippen molar-refractivity contribution in [1.82, 2.24) is 5.16 Å². The van der Waals surface area contributed by atoms with Gasteiger partial charge in [-0.05, 0) is 22.9 Å². The first-order chi connectivity index (χ1) is 8.99. The fourth-order valence-electron chi connectivity index (χ4n) is 1.56. The third-order valence-electron chi connectivity index (χ3n) is 2.77. The normalized spacial score (nSPS) is 11.4. The third kappa shape index (κ3) is 3.50. The van der Waals surface area contributed by atoms with Gasteiger partial charge >= 0.3 is 0 Å². The number of nitrogens with zero attached hydrogens (tertiary/aromatic N) is 1. The second kappa shape index (κ2) is 5.34. The fraction of sp³-hybridized carbons (Fsp3) is 0.400. The number of aromatic nitrogens is 1. The van der Waals surface area contributed by atoms with E-state index in [4.69, 9.17) is 14.0 Å². The highest BCUT2D eigenvalue weighted by Crippen LogP contribution is 2.25. The molecule has 0 aliphatic rings. The van der Waals surface area contributed by atoms with E-state index in [0.29, 0.717) is 12.5 Å². The van der Waals surface area contributed by atoms with E-state index in [2.05, 4.69) is 25.9 Å². The number of benzene rings is 1.